The van der Waals surface area contributed by atoms with Crippen molar-refractivity contribution < 1.29 is 14.0 Å². The number of hydrogen-bond donors (Lipinski definition) is 2. The molecule has 2 aromatic carbocycles. The number of carbonyl (C=O) groups excluding carboxylic acids is 2. The third kappa shape index (κ3) is 3.50. The molecule has 0 radical (unpaired) electrons. The molecule has 2 heterocycles. The molecule has 2 aromatic heterocycles. The molecular weight excluding hydrogens is 385 g/mol. The number of rotatable bonds is 4. The number of nitrogens with zero attached hydrogens (tertiary/aromatic N) is 3. The smallest absolute Gasteiger partial charge is 0.257 e. The number of pyridine rings is 1. The Morgan fingerprint density at radius 3 is 2.47 bits per heavy atom. The van der Waals surface area contributed by atoms with Gasteiger partial charge in [0.05, 0.1) is 29.2 Å². The predicted molar refractivity (Wildman–Crippen MR) is 111 cm³/mol. The first-order chi connectivity index (χ1) is 14.5. The number of carbonyl (C=O) groups is 2. The average molecular weight is 403 g/mol. The molecule has 0 fully saturated rings. The van der Waals surface area contributed by atoms with Crippen molar-refractivity contribution >= 4 is 28.4 Å². The summed E-state index contributed by atoms with van der Waals surface area (Å²) in [6.07, 6.45) is 4.66. The minimum absolute atomic E-state index is 0.196. The highest BCUT2D eigenvalue weighted by Crippen LogP contribution is 2.23. The van der Waals surface area contributed by atoms with Crippen molar-refractivity contribution in [2.24, 2.45) is 0 Å². The number of aromatic nitrogens is 3. The third-order valence-corrected chi connectivity index (χ3v) is 4.78. The molecule has 7 nitrogen and oxygen atoms in total. The molecule has 2 amide bonds. The van der Waals surface area contributed by atoms with E-state index in [1.54, 1.807) is 54.5 Å². The monoisotopic (exact) mass is 403 g/mol. The van der Waals surface area contributed by atoms with E-state index in [4.69, 9.17) is 0 Å². The van der Waals surface area contributed by atoms with Gasteiger partial charge in [-0.15, -0.1) is 0 Å². The van der Waals surface area contributed by atoms with Gasteiger partial charge in [0.15, 0.2) is 0 Å². The highest BCUT2D eigenvalue weighted by Gasteiger charge is 2.16. The van der Waals surface area contributed by atoms with Gasteiger partial charge < -0.3 is 10.6 Å². The van der Waals surface area contributed by atoms with Crippen LogP contribution in [0.2, 0.25) is 0 Å². The molecule has 0 aliphatic rings. The van der Waals surface area contributed by atoms with Crippen LogP contribution in [0.3, 0.4) is 0 Å². The van der Waals surface area contributed by atoms with Crippen molar-refractivity contribution in [2.45, 2.75) is 6.92 Å². The van der Waals surface area contributed by atoms with Crippen molar-refractivity contribution in [1.82, 2.24) is 20.1 Å². The van der Waals surface area contributed by atoms with Gasteiger partial charge in [0.2, 0.25) is 0 Å². The molecule has 0 saturated heterocycles. The molecule has 4 aromatic rings. The molecule has 0 spiro atoms. The van der Waals surface area contributed by atoms with Gasteiger partial charge in [-0.1, -0.05) is 0 Å². The fourth-order valence-electron chi connectivity index (χ4n) is 3.19. The zero-order chi connectivity index (χ0) is 21.3. The first kappa shape index (κ1) is 19.3. The molecule has 0 bridgehead atoms. The zero-order valence-electron chi connectivity index (χ0n) is 16.3. The second-order valence-electron chi connectivity index (χ2n) is 6.72. The number of fused-ring (bicyclic) bond motifs is 1. The van der Waals surface area contributed by atoms with Gasteiger partial charge >= 0.3 is 0 Å². The summed E-state index contributed by atoms with van der Waals surface area (Å²) in [5, 5.41) is 10.4. The van der Waals surface area contributed by atoms with E-state index < -0.39 is 0 Å². The van der Waals surface area contributed by atoms with Crippen molar-refractivity contribution in [3.63, 3.8) is 0 Å². The van der Waals surface area contributed by atoms with Gasteiger partial charge in [0.1, 0.15) is 5.82 Å². The lowest BCUT2D eigenvalue weighted by Crippen LogP contribution is -2.18. The fraction of sp³-hybridized carbons (Fsp3) is 0.0909. The molecule has 30 heavy (non-hydrogen) atoms. The average Bonchev–Trinajstić information content (AvgIpc) is 3.19. The maximum Gasteiger partial charge on any atom is 0.257 e. The van der Waals surface area contributed by atoms with Crippen LogP contribution in [0.4, 0.5) is 10.1 Å². The third-order valence-electron chi connectivity index (χ3n) is 4.78. The molecule has 0 unspecified atom stereocenters. The van der Waals surface area contributed by atoms with Gasteiger partial charge in [-0.05, 0) is 55.0 Å². The number of benzene rings is 2. The summed E-state index contributed by atoms with van der Waals surface area (Å²) < 4.78 is 14.8. The van der Waals surface area contributed by atoms with Crippen LogP contribution in [0.1, 0.15) is 26.3 Å². The van der Waals surface area contributed by atoms with E-state index in [2.05, 4.69) is 20.7 Å². The molecule has 2 N–H and O–H groups in total. The molecule has 0 aliphatic carbocycles. The summed E-state index contributed by atoms with van der Waals surface area (Å²) in [6, 6.07) is 10.9. The summed E-state index contributed by atoms with van der Waals surface area (Å²) in [5.41, 5.74) is 3.50. The Hall–Kier alpha value is -4.07. The molecule has 150 valence electrons. The van der Waals surface area contributed by atoms with Gasteiger partial charge in [-0.2, -0.15) is 5.10 Å². The first-order valence-corrected chi connectivity index (χ1v) is 9.19. The lowest BCUT2D eigenvalue weighted by atomic mass is 10.1. The maximum absolute atomic E-state index is 13.2. The van der Waals surface area contributed by atoms with E-state index in [0.717, 1.165) is 5.56 Å². The quantitative estimate of drug-likeness (QED) is 0.546. The lowest BCUT2D eigenvalue weighted by molar-refractivity contribution is 0.0962. The minimum Gasteiger partial charge on any atom is -0.355 e. The molecule has 0 aliphatic heterocycles. The van der Waals surface area contributed by atoms with Crippen LogP contribution in [0, 0.1) is 12.7 Å². The number of amides is 2. The first-order valence-electron chi connectivity index (χ1n) is 9.19. The number of aryl methyl sites for hydroxylation is 1. The Morgan fingerprint density at radius 1 is 1.00 bits per heavy atom. The normalized spacial score (nSPS) is 10.8. The van der Waals surface area contributed by atoms with Crippen molar-refractivity contribution in [3.8, 4) is 5.69 Å². The highest BCUT2D eigenvalue weighted by atomic mass is 19.1. The van der Waals surface area contributed by atoms with Crippen LogP contribution in [0.15, 0.2) is 61.1 Å². The standard InChI is InChI=1S/C22H18FN5O2/c1-13-9-14(21(29)24-2)3-8-19(13)27-22(30)18-10-25-12-20-17(18)11-26-28(20)16-6-4-15(23)5-7-16/h3-12H,1-2H3,(H,24,29)(H,27,30). The number of halogens is 1. The van der Waals surface area contributed by atoms with E-state index in [1.807, 2.05) is 6.92 Å². The van der Waals surface area contributed by atoms with E-state index in [9.17, 15) is 14.0 Å². The van der Waals surface area contributed by atoms with E-state index in [0.29, 0.717) is 33.4 Å². The predicted octanol–water partition coefficient (Wildman–Crippen LogP) is 3.48. The van der Waals surface area contributed by atoms with Crippen LogP contribution in [-0.2, 0) is 0 Å². The van der Waals surface area contributed by atoms with Crippen LogP contribution >= 0.6 is 0 Å². The Morgan fingerprint density at radius 2 is 1.77 bits per heavy atom. The molecule has 0 atom stereocenters. The number of nitrogens with one attached hydrogen (secondary N) is 2. The van der Waals surface area contributed by atoms with E-state index in [1.165, 1.54) is 18.3 Å². The second kappa shape index (κ2) is 7.75. The van der Waals surface area contributed by atoms with Gasteiger partial charge in [-0.3, -0.25) is 14.6 Å². The summed E-state index contributed by atoms with van der Waals surface area (Å²) in [4.78, 5) is 28.9. The van der Waals surface area contributed by atoms with Gasteiger partial charge in [0, 0.05) is 29.9 Å². The number of hydrogen-bond acceptors (Lipinski definition) is 4. The van der Waals surface area contributed by atoms with Crippen molar-refractivity contribution in [3.05, 3.63) is 83.6 Å². The van der Waals surface area contributed by atoms with E-state index in [-0.39, 0.29) is 17.6 Å². The fourth-order valence-corrected chi connectivity index (χ4v) is 3.19. The highest BCUT2D eigenvalue weighted by molar-refractivity contribution is 6.12. The molecular formula is C22H18FN5O2. The SMILES string of the molecule is CNC(=O)c1ccc(NC(=O)c2cncc3c2cnn3-c2ccc(F)cc2)c(C)c1. The van der Waals surface area contributed by atoms with Crippen LogP contribution in [0.5, 0.6) is 0 Å². The Balaban J connectivity index is 1.66. The summed E-state index contributed by atoms with van der Waals surface area (Å²) in [7, 11) is 1.56. The minimum atomic E-state index is -0.345. The summed E-state index contributed by atoms with van der Waals surface area (Å²) in [6.45, 7) is 1.81. The van der Waals surface area contributed by atoms with Crippen LogP contribution in [0.25, 0.3) is 16.6 Å². The van der Waals surface area contributed by atoms with Crippen LogP contribution in [-0.4, -0.2) is 33.6 Å². The summed E-state index contributed by atoms with van der Waals surface area (Å²) in [5.74, 6) is -0.882. The molecule has 8 heteroatoms. The Kier molecular flexibility index (Phi) is 4.97. The topological polar surface area (TPSA) is 88.9 Å². The maximum atomic E-state index is 13.2. The molecule has 4 rings (SSSR count). The van der Waals surface area contributed by atoms with Crippen molar-refractivity contribution in [1.29, 1.82) is 0 Å². The van der Waals surface area contributed by atoms with Crippen LogP contribution < -0.4 is 10.6 Å². The lowest BCUT2D eigenvalue weighted by Gasteiger charge is -2.10. The Labute approximate surface area is 171 Å². The zero-order valence-corrected chi connectivity index (χ0v) is 16.3. The second-order valence-corrected chi connectivity index (χ2v) is 6.72. The summed E-state index contributed by atoms with van der Waals surface area (Å²) >= 11 is 0. The van der Waals surface area contributed by atoms with E-state index >= 15 is 0 Å². The largest absolute Gasteiger partial charge is 0.355 e. The molecule has 0 saturated carbocycles. The number of anilines is 1. The van der Waals surface area contributed by atoms with Gasteiger partial charge in [0.25, 0.3) is 11.8 Å². The van der Waals surface area contributed by atoms with Gasteiger partial charge in [-0.25, -0.2) is 9.07 Å². The Bertz CT molecular complexity index is 1260. The van der Waals surface area contributed by atoms with Crippen molar-refractivity contribution in [2.75, 3.05) is 12.4 Å².